The Morgan fingerprint density at radius 3 is 2.64 bits per heavy atom. The predicted octanol–water partition coefficient (Wildman–Crippen LogP) is 4.40. The van der Waals surface area contributed by atoms with Crippen molar-refractivity contribution in [1.29, 1.82) is 0 Å². The summed E-state index contributed by atoms with van der Waals surface area (Å²) in [6.45, 7) is 0. The lowest BCUT2D eigenvalue weighted by molar-refractivity contribution is -0.121. The number of phenols is 1. The number of phenolic OH excluding ortho intramolecular Hbond substituents is 1. The quantitative estimate of drug-likeness (QED) is 0.750. The molecule has 5 nitrogen and oxygen atoms in total. The van der Waals surface area contributed by atoms with Gasteiger partial charge in [0.25, 0.3) is 5.91 Å². The first-order valence-corrected chi connectivity index (χ1v) is 8.98. The van der Waals surface area contributed by atoms with Crippen molar-refractivity contribution in [3.8, 4) is 11.5 Å². The molecule has 2 aromatic rings. The van der Waals surface area contributed by atoms with E-state index in [2.05, 4.69) is 20.9 Å². The fourth-order valence-electron chi connectivity index (χ4n) is 2.20. The van der Waals surface area contributed by atoms with Gasteiger partial charge in [-0.05, 0) is 60.3 Å². The molecule has 1 aliphatic heterocycles. The Bertz CT molecular complexity index is 878. The molecule has 1 N–H and O–H groups in total. The summed E-state index contributed by atoms with van der Waals surface area (Å²) in [4.78, 5) is 19.0. The van der Waals surface area contributed by atoms with E-state index in [1.54, 1.807) is 38.4 Å². The monoisotopic (exact) mass is 418 g/mol. The summed E-state index contributed by atoms with van der Waals surface area (Å²) in [5, 5.41) is 10.5. The van der Waals surface area contributed by atoms with E-state index >= 15 is 0 Å². The van der Waals surface area contributed by atoms with Gasteiger partial charge in [-0.1, -0.05) is 15.9 Å². The molecular weight excluding hydrogens is 404 g/mol. The lowest BCUT2D eigenvalue weighted by Crippen LogP contribution is -2.23. The first-order chi connectivity index (χ1) is 12.0. The molecule has 0 aliphatic carbocycles. The third-order valence-electron chi connectivity index (χ3n) is 3.58. The van der Waals surface area contributed by atoms with Gasteiger partial charge in [-0.3, -0.25) is 9.69 Å². The molecule has 0 saturated carbocycles. The minimum atomic E-state index is -0.156. The molecule has 1 aliphatic rings. The number of amidine groups is 1. The highest BCUT2D eigenvalue weighted by Crippen LogP contribution is 2.35. The number of methoxy groups -OCH3 is 1. The number of hydrogen-bond donors (Lipinski definition) is 1. The second kappa shape index (κ2) is 7.33. The number of benzene rings is 2. The van der Waals surface area contributed by atoms with E-state index in [1.807, 2.05) is 24.3 Å². The molecular formula is C18H15BrN2O3S. The number of nitrogens with zero attached hydrogens (tertiary/aromatic N) is 2. The summed E-state index contributed by atoms with van der Waals surface area (Å²) >= 11 is 4.63. The van der Waals surface area contributed by atoms with E-state index in [0.29, 0.717) is 15.6 Å². The molecule has 7 heteroatoms. The van der Waals surface area contributed by atoms with Crippen molar-refractivity contribution < 1.29 is 14.6 Å². The fraction of sp³-hybridized carbons (Fsp3) is 0.111. The Morgan fingerprint density at radius 2 is 1.96 bits per heavy atom. The summed E-state index contributed by atoms with van der Waals surface area (Å²) in [6, 6.07) is 12.4. The summed E-state index contributed by atoms with van der Waals surface area (Å²) < 4.78 is 5.95. The molecule has 1 amide bonds. The Labute approximate surface area is 158 Å². The third kappa shape index (κ3) is 3.88. The number of carbonyl (C=O) groups excluding carboxylic acids is 1. The van der Waals surface area contributed by atoms with Crippen LogP contribution < -0.4 is 4.74 Å². The summed E-state index contributed by atoms with van der Waals surface area (Å²) in [7, 11) is 3.29. The average Bonchev–Trinajstić information content (AvgIpc) is 2.87. The maximum absolute atomic E-state index is 12.4. The lowest BCUT2D eigenvalue weighted by atomic mass is 10.2. The zero-order chi connectivity index (χ0) is 18.0. The van der Waals surface area contributed by atoms with Gasteiger partial charge >= 0.3 is 0 Å². The van der Waals surface area contributed by atoms with Crippen LogP contribution in [0.3, 0.4) is 0 Å². The number of ether oxygens (including phenoxy) is 1. The lowest BCUT2D eigenvalue weighted by Gasteiger charge is -2.07. The Balaban J connectivity index is 1.90. The first-order valence-electron chi connectivity index (χ1n) is 7.37. The van der Waals surface area contributed by atoms with Gasteiger partial charge in [-0.2, -0.15) is 0 Å². The Morgan fingerprint density at radius 1 is 1.24 bits per heavy atom. The third-order valence-corrected chi connectivity index (χ3v) is 5.13. The SMILES string of the molecule is COc1ccc(N=C2SC(=Cc3cc(Br)ccc3O)C(=O)N2C)cc1. The zero-order valence-electron chi connectivity index (χ0n) is 13.6. The first kappa shape index (κ1) is 17.6. The maximum atomic E-state index is 12.4. The van der Waals surface area contributed by atoms with Crippen molar-refractivity contribution >= 4 is 50.5 Å². The summed E-state index contributed by atoms with van der Waals surface area (Å²) in [5.74, 6) is 0.710. The normalized spacial score (nSPS) is 17.6. The molecule has 0 unspecified atom stereocenters. The molecule has 1 heterocycles. The average molecular weight is 419 g/mol. The molecule has 0 aromatic heterocycles. The molecule has 128 valence electrons. The smallest absolute Gasteiger partial charge is 0.266 e. The maximum Gasteiger partial charge on any atom is 0.266 e. The predicted molar refractivity (Wildman–Crippen MR) is 104 cm³/mol. The van der Waals surface area contributed by atoms with E-state index in [1.165, 1.54) is 16.7 Å². The van der Waals surface area contributed by atoms with Gasteiger partial charge in [0.2, 0.25) is 0 Å². The second-order valence-corrected chi connectivity index (χ2v) is 7.20. The number of aliphatic imine (C=N–C) groups is 1. The second-order valence-electron chi connectivity index (χ2n) is 5.27. The summed E-state index contributed by atoms with van der Waals surface area (Å²) in [6.07, 6.45) is 1.67. The van der Waals surface area contributed by atoms with Crippen LogP contribution in [0.4, 0.5) is 5.69 Å². The van der Waals surface area contributed by atoms with Gasteiger partial charge in [0.05, 0.1) is 17.7 Å². The van der Waals surface area contributed by atoms with E-state index in [4.69, 9.17) is 4.74 Å². The van der Waals surface area contributed by atoms with Crippen LogP contribution in [0.25, 0.3) is 6.08 Å². The van der Waals surface area contributed by atoms with E-state index < -0.39 is 0 Å². The number of aromatic hydroxyl groups is 1. The van der Waals surface area contributed by atoms with E-state index in [0.717, 1.165) is 15.9 Å². The number of likely N-dealkylation sites (N-methyl/N-ethyl adjacent to an activating group) is 1. The standard InChI is InChI=1S/C18H15BrN2O3S/c1-21-17(23)16(10-11-9-12(19)3-8-15(11)22)25-18(21)20-13-4-6-14(24-2)7-5-13/h3-10,22H,1-2H3. The minimum absolute atomic E-state index is 0.118. The fourth-order valence-corrected chi connectivity index (χ4v) is 3.56. The van der Waals surface area contributed by atoms with Crippen LogP contribution in [0, 0.1) is 0 Å². The van der Waals surface area contributed by atoms with Crippen LogP contribution in [-0.4, -0.2) is 35.2 Å². The molecule has 2 aromatic carbocycles. The van der Waals surface area contributed by atoms with Crippen molar-refractivity contribution in [2.75, 3.05) is 14.2 Å². The number of carbonyl (C=O) groups is 1. The van der Waals surface area contributed by atoms with Crippen molar-refractivity contribution in [1.82, 2.24) is 4.90 Å². The van der Waals surface area contributed by atoms with E-state index in [9.17, 15) is 9.90 Å². The van der Waals surface area contributed by atoms with Gasteiger partial charge in [-0.15, -0.1) is 0 Å². The molecule has 1 saturated heterocycles. The Kier molecular flexibility index (Phi) is 5.15. The highest BCUT2D eigenvalue weighted by atomic mass is 79.9. The van der Waals surface area contributed by atoms with Crippen molar-refractivity contribution in [3.05, 3.63) is 57.4 Å². The van der Waals surface area contributed by atoms with Crippen LogP contribution in [0.2, 0.25) is 0 Å². The van der Waals surface area contributed by atoms with Crippen molar-refractivity contribution in [2.24, 2.45) is 4.99 Å². The number of rotatable bonds is 3. The Hall–Kier alpha value is -2.25. The van der Waals surface area contributed by atoms with Crippen molar-refractivity contribution in [3.63, 3.8) is 0 Å². The van der Waals surface area contributed by atoms with Crippen LogP contribution in [0.5, 0.6) is 11.5 Å². The largest absolute Gasteiger partial charge is 0.507 e. The number of thioether (sulfide) groups is 1. The molecule has 0 atom stereocenters. The van der Waals surface area contributed by atoms with Gasteiger partial charge in [0.1, 0.15) is 11.5 Å². The molecule has 25 heavy (non-hydrogen) atoms. The van der Waals surface area contributed by atoms with Gasteiger partial charge in [-0.25, -0.2) is 4.99 Å². The molecule has 0 radical (unpaired) electrons. The van der Waals surface area contributed by atoms with E-state index in [-0.39, 0.29) is 11.7 Å². The van der Waals surface area contributed by atoms with Crippen LogP contribution in [0.15, 0.2) is 56.8 Å². The molecule has 0 spiro atoms. The van der Waals surface area contributed by atoms with Gasteiger partial charge in [0.15, 0.2) is 5.17 Å². The topological polar surface area (TPSA) is 62.1 Å². The number of hydrogen-bond acceptors (Lipinski definition) is 5. The molecule has 0 bridgehead atoms. The van der Waals surface area contributed by atoms with Crippen molar-refractivity contribution in [2.45, 2.75) is 0 Å². The highest BCUT2D eigenvalue weighted by molar-refractivity contribution is 9.10. The molecule has 1 fully saturated rings. The van der Waals surface area contributed by atoms with Crippen LogP contribution in [0.1, 0.15) is 5.56 Å². The summed E-state index contributed by atoms with van der Waals surface area (Å²) in [5.41, 5.74) is 1.30. The highest BCUT2D eigenvalue weighted by Gasteiger charge is 2.30. The molecule has 3 rings (SSSR count). The van der Waals surface area contributed by atoms with Crippen LogP contribution in [-0.2, 0) is 4.79 Å². The minimum Gasteiger partial charge on any atom is -0.507 e. The van der Waals surface area contributed by atoms with Crippen LogP contribution >= 0.6 is 27.7 Å². The number of amides is 1. The van der Waals surface area contributed by atoms with Gasteiger partial charge < -0.3 is 9.84 Å². The zero-order valence-corrected chi connectivity index (χ0v) is 16.0. The van der Waals surface area contributed by atoms with Gasteiger partial charge in [0, 0.05) is 17.1 Å². The number of halogens is 1.